The van der Waals surface area contributed by atoms with Crippen LogP contribution in [0, 0.1) is 5.82 Å². The molecule has 0 spiro atoms. The summed E-state index contributed by atoms with van der Waals surface area (Å²) in [6.45, 7) is 7.25. The van der Waals surface area contributed by atoms with Gasteiger partial charge in [0.2, 0.25) is 0 Å². The van der Waals surface area contributed by atoms with E-state index < -0.39 is 11.9 Å². The molecule has 0 bridgehead atoms. The van der Waals surface area contributed by atoms with E-state index in [0.717, 1.165) is 67.9 Å². The van der Waals surface area contributed by atoms with Crippen molar-refractivity contribution in [1.82, 2.24) is 14.5 Å². The minimum atomic E-state index is -0.542. The molecule has 1 unspecified atom stereocenters. The van der Waals surface area contributed by atoms with Crippen molar-refractivity contribution in [3.63, 3.8) is 0 Å². The highest BCUT2D eigenvalue weighted by Gasteiger charge is 2.34. The largest absolute Gasteiger partial charge is 0.485 e. The minimum absolute atomic E-state index is 0.0499. The van der Waals surface area contributed by atoms with E-state index in [9.17, 15) is 9.18 Å². The van der Waals surface area contributed by atoms with Crippen molar-refractivity contribution in [1.29, 1.82) is 0 Å². The molecular weight excluding hydrogens is 569 g/mol. The number of carbonyl (C=O) groups is 1. The van der Waals surface area contributed by atoms with Crippen LogP contribution in [0.5, 0.6) is 11.5 Å². The molecule has 0 amide bonds. The van der Waals surface area contributed by atoms with Crippen molar-refractivity contribution in [3.05, 3.63) is 88.0 Å². The number of aromatic nitrogens is 2. The molecule has 7 rings (SSSR count). The number of benzene rings is 3. The Labute approximate surface area is 255 Å². The molecule has 4 aromatic rings. The summed E-state index contributed by atoms with van der Waals surface area (Å²) in [5, 5.41) is 0.354. The average molecular weight is 604 g/mol. The molecule has 224 valence electrons. The van der Waals surface area contributed by atoms with Crippen LogP contribution in [-0.2, 0) is 17.8 Å². The van der Waals surface area contributed by atoms with Crippen LogP contribution in [-0.4, -0.2) is 52.1 Å². The van der Waals surface area contributed by atoms with Gasteiger partial charge in [0.1, 0.15) is 18.2 Å². The highest BCUT2D eigenvalue weighted by molar-refractivity contribution is 6.30. The third-order valence-corrected chi connectivity index (χ3v) is 9.42. The van der Waals surface area contributed by atoms with Crippen LogP contribution >= 0.6 is 11.6 Å². The zero-order valence-electron chi connectivity index (χ0n) is 24.4. The van der Waals surface area contributed by atoms with Gasteiger partial charge in [0.25, 0.3) is 0 Å². The second kappa shape index (κ2) is 11.6. The van der Waals surface area contributed by atoms with E-state index in [2.05, 4.69) is 22.5 Å². The summed E-state index contributed by atoms with van der Waals surface area (Å²) >= 11 is 5.98. The fourth-order valence-corrected chi connectivity index (χ4v) is 6.78. The number of rotatable bonds is 7. The predicted molar refractivity (Wildman–Crippen MR) is 163 cm³/mol. The molecule has 4 atom stereocenters. The van der Waals surface area contributed by atoms with E-state index in [0.29, 0.717) is 33.7 Å². The number of imidazole rings is 1. The van der Waals surface area contributed by atoms with Gasteiger partial charge in [-0.25, -0.2) is 9.37 Å². The first-order valence-electron chi connectivity index (χ1n) is 15.1. The number of Topliss-reactive ketones (excluding diaryl/α,β-unsaturated/α-hetero) is 1. The lowest BCUT2D eigenvalue weighted by molar-refractivity contribution is -0.0592. The molecule has 3 aliphatic rings. The summed E-state index contributed by atoms with van der Waals surface area (Å²) in [7, 11) is 0. The number of halogens is 2. The number of para-hydroxylation sites is 1. The van der Waals surface area contributed by atoms with E-state index in [1.165, 1.54) is 6.07 Å². The number of ether oxygens (including phenoxy) is 3. The van der Waals surface area contributed by atoms with Gasteiger partial charge in [-0.05, 0) is 82.0 Å². The molecule has 4 heterocycles. The lowest BCUT2D eigenvalue weighted by atomic mass is 9.85. The van der Waals surface area contributed by atoms with Crippen LogP contribution in [0.1, 0.15) is 72.4 Å². The van der Waals surface area contributed by atoms with E-state index in [1.807, 2.05) is 30.3 Å². The van der Waals surface area contributed by atoms with Gasteiger partial charge in [0, 0.05) is 34.4 Å². The SMILES string of the molecule is CC(=O)c1ccc2nc(CN3CCC(c4cccc5c4O[C@H](c4ccc(Cl)cc4F)CO5)C[C@@H]3C)n(C[C@@H]3CCO3)c2c1. The first kappa shape index (κ1) is 28.3. The Morgan fingerprint density at radius 1 is 1.12 bits per heavy atom. The minimum Gasteiger partial charge on any atom is -0.485 e. The van der Waals surface area contributed by atoms with Gasteiger partial charge in [0.05, 0.1) is 30.2 Å². The van der Waals surface area contributed by atoms with Gasteiger partial charge in [-0.15, -0.1) is 0 Å². The Kier molecular flexibility index (Phi) is 7.61. The quantitative estimate of drug-likeness (QED) is 0.210. The predicted octanol–water partition coefficient (Wildman–Crippen LogP) is 7.10. The Hall–Kier alpha value is -3.46. The standard InChI is InChI=1S/C34H35ClFN3O4/c1-20-14-23(26-4-3-5-31-34(26)43-32(19-42-31)27-8-7-24(35)16-28(27)36)10-12-38(20)18-33-37-29-9-6-22(21(2)40)15-30(29)39(33)17-25-11-13-41-25/h3-9,15-16,20,23,25,32H,10-14,17-19H2,1-2H3/t20-,23?,25-,32-/m0/s1. The number of ketones is 1. The molecular formula is C34H35ClFN3O4. The molecule has 43 heavy (non-hydrogen) atoms. The topological polar surface area (TPSA) is 65.8 Å². The summed E-state index contributed by atoms with van der Waals surface area (Å²) in [5.41, 5.74) is 4.14. The van der Waals surface area contributed by atoms with E-state index in [-0.39, 0.29) is 24.4 Å². The molecule has 3 aliphatic heterocycles. The molecule has 0 N–H and O–H groups in total. The number of hydrogen-bond acceptors (Lipinski definition) is 6. The van der Waals surface area contributed by atoms with Crippen molar-refractivity contribution in [3.8, 4) is 11.5 Å². The zero-order valence-corrected chi connectivity index (χ0v) is 25.1. The lowest BCUT2D eigenvalue weighted by Crippen LogP contribution is -2.40. The zero-order chi connectivity index (χ0) is 29.7. The summed E-state index contributed by atoms with van der Waals surface area (Å²) in [4.78, 5) is 19.6. The highest BCUT2D eigenvalue weighted by Crippen LogP contribution is 2.45. The fourth-order valence-electron chi connectivity index (χ4n) is 6.62. The van der Waals surface area contributed by atoms with Crippen LogP contribution in [0.2, 0.25) is 5.02 Å². The number of fused-ring (bicyclic) bond motifs is 2. The van der Waals surface area contributed by atoms with Gasteiger partial charge in [-0.3, -0.25) is 9.69 Å². The summed E-state index contributed by atoms with van der Waals surface area (Å²) < 4.78 is 35.3. The maximum Gasteiger partial charge on any atom is 0.165 e. The van der Waals surface area contributed by atoms with Crippen LogP contribution in [0.15, 0.2) is 54.6 Å². The highest BCUT2D eigenvalue weighted by atomic mass is 35.5. The third kappa shape index (κ3) is 5.52. The smallest absolute Gasteiger partial charge is 0.165 e. The normalized spacial score (nSPS) is 23.7. The Balaban J connectivity index is 1.10. The molecule has 0 aliphatic carbocycles. The number of piperidine rings is 1. The second-order valence-corrected chi connectivity index (χ2v) is 12.4. The fraction of sp³-hybridized carbons (Fsp3) is 0.412. The molecule has 3 aromatic carbocycles. The van der Waals surface area contributed by atoms with Crippen molar-refractivity contribution in [2.24, 2.45) is 0 Å². The van der Waals surface area contributed by atoms with E-state index in [1.54, 1.807) is 19.1 Å². The average Bonchev–Trinajstić information content (AvgIpc) is 3.31. The molecule has 2 fully saturated rings. The third-order valence-electron chi connectivity index (χ3n) is 9.18. The molecule has 9 heteroatoms. The number of carbonyl (C=O) groups excluding carboxylic acids is 1. The maximum atomic E-state index is 14.7. The van der Waals surface area contributed by atoms with E-state index in [4.69, 9.17) is 30.8 Å². The lowest BCUT2D eigenvalue weighted by Gasteiger charge is -2.39. The summed E-state index contributed by atoms with van der Waals surface area (Å²) in [6.07, 6.45) is 2.56. The van der Waals surface area contributed by atoms with Gasteiger partial charge in [-0.2, -0.15) is 0 Å². The molecule has 0 saturated carbocycles. The van der Waals surface area contributed by atoms with Gasteiger partial charge < -0.3 is 18.8 Å². The first-order valence-corrected chi connectivity index (χ1v) is 15.4. The number of hydrogen-bond donors (Lipinski definition) is 0. The monoisotopic (exact) mass is 603 g/mol. The summed E-state index contributed by atoms with van der Waals surface area (Å²) in [5.74, 6) is 2.35. The molecule has 7 nitrogen and oxygen atoms in total. The van der Waals surface area contributed by atoms with Crippen LogP contribution < -0.4 is 9.47 Å². The maximum absolute atomic E-state index is 14.7. The van der Waals surface area contributed by atoms with Crippen molar-refractivity contribution in [2.75, 3.05) is 19.8 Å². The van der Waals surface area contributed by atoms with Crippen molar-refractivity contribution < 1.29 is 23.4 Å². The Morgan fingerprint density at radius 2 is 1.98 bits per heavy atom. The van der Waals surface area contributed by atoms with Crippen molar-refractivity contribution in [2.45, 2.75) is 70.4 Å². The van der Waals surface area contributed by atoms with Crippen molar-refractivity contribution >= 4 is 28.4 Å². The van der Waals surface area contributed by atoms with Crippen LogP contribution in [0.4, 0.5) is 4.39 Å². The van der Waals surface area contributed by atoms with E-state index >= 15 is 0 Å². The number of nitrogens with zero attached hydrogens (tertiary/aromatic N) is 3. The molecule has 1 aromatic heterocycles. The van der Waals surface area contributed by atoms with Gasteiger partial charge in [-0.1, -0.05) is 29.8 Å². The number of likely N-dealkylation sites (tertiary alicyclic amines) is 1. The van der Waals surface area contributed by atoms with Crippen LogP contribution in [0.25, 0.3) is 11.0 Å². The molecule has 2 saturated heterocycles. The second-order valence-electron chi connectivity index (χ2n) is 12.0. The Bertz CT molecular complexity index is 1690. The first-order chi connectivity index (χ1) is 20.8. The Morgan fingerprint density at radius 3 is 2.72 bits per heavy atom. The van der Waals surface area contributed by atoms with Crippen LogP contribution in [0.3, 0.4) is 0 Å². The van der Waals surface area contributed by atoms with Gasteiger partial charge in [0.15, 0.2) is 23.4 Å². The molecule has 0 radical (unpaired) electrons. The van der Waals surface area contributed by atoms with Gasteiger partial charge >= 0.3 is 0 Å². The summed E-state index contributed by atoms with van der Waals surface area (Å²) in [6, 6.07) is 16.8.